The molecule has 2 amide bonds. The average molecular weight is 289 g/mol. The second-order valence-corrected chi connectivity index (χ2v) is 3.79. The van der Waals surface area contributed by atoms with Crippen LogP contribution in [-0.2, 0) is 0 Å². The minimum absolute atomic E-state index is 0.0178. The molecule has 2 rings (SSSR count). The van der Waals surface area contributed by atoms with Gasteiger partial charge in [0.15, 0.2) is 0 Å². The molecule has 0 atom stereocenters. The number of hydrogen-bond donors (Lipinski definition) is 2. The number of fused-ring (bicyclic) bond motifs is 1. The van der Waals surface area contributed by atoms with Crippen LogP contribution in [0.4, 0.5) is 0 Å². The molecule has 0 unspecified atom stereocenters. The Morgan fingerprint density at radius 3 is 2.31 bits per heavy atom. The van der Waals surface area contributed by atoms with Gasteiger partial charge in [-0.25, -0.2) is 0 Å². The molecular formula is C8H4INO3. The summed E-state index contributed by atoms with van der Waals surface area (Å²) in [5, 5.41) is 11.4. The van der Waals surface area contributed by atoms with E-state index in [1.807, 2.05) is 22.6 Å². The molecule has 0 radical (unpaired) electrons. The molecule has 0 spiro atoms. The first kappa shape index (κ1) is 8.49. The number of carbonyl (C=O) groups excluding carboxylic acids is 2. The normalized spacial score (nSPS) is 14.2. The number of benzene rings is 1. The van der Waals surface area contributed by atoms with Crippen LogP contribution in [0.3, 0.4) is 0 Å². The van der Waals surface area contributed by atoms with Crippen molar-refractivity contribution in [2.75, 3.05) is 0 Å². The molecule has 0 fully saturated rings. The van der Waals surface area contributed by atoms with Crippen molar-refractivity contribution in [1.82, 2.24) is 5.32 Å². The molecule has 1 heterocycles. The molecular weight excluding hydrogens is 285 g/mol. The van der Waals surface area contributed by atoms with Crippen molar-refractivity contribution in [1.29, 1.82) is 0 Å². The molecule has 1 aromatic carbocycles. The third kappa shape index (κ3) is 1.19. The molecule has 1 aliphatic rings. The highest BCUT2D eigenvalue weighted by Gasteiger charge is 2.27. The van der Waals surface area contributed by atoms with Gasteiger partial charge in [0.05, 0.1) is 14.7 Å². The summed E-state index contributed by atoms with van der Waals surface area (Å²) in [6.07, 6.45) is 0. The van der Waals surface area contributed by atoms with Gasteiger partial charge in [-0.15, -0.1) is 0 Å². The SMILES string of the molecule is O=C1NC(=O)c2cc(I)c(O)cc21. The average Bonchev–Trinajstić information content (AvgIpc) is 2.31. The molecule has 13 heavy (non-hydrogen) atoms. The van der Waals surface area contributed by atoms with Crippen LogP contribution in [0.2, 0.25) is 0 Å². The first-order chi connectivity index (χ1) is 6.09. The monoisotopic (exact) mass is 289 g/mol. The second-order valence-electron chi connectivity index (χ2n) is 2.63. The summed E-state index contributed by atoms with van der Waals surface area (Å²) in [5.41, 5.74) is 0.565. The van der Waals surface area contributed by atoms with E-state index in [2.05, 4.69) is 5.32 Å². The molecule has 1 aromatic rings. The van der Waals surface area contributed by atoms with Crippen molar-refractivity contribution in [3.05, 3.63) is 26.8 Å². The maximum atomic E-state index is 11.1. The van der Waals surface area contributed by atoms with Gasteiger partial charge in [0.25, 0.3) is 11.8 Å². The smallest absolute Gasteiger partial charge is 0.259 e. The van der Waals surface area contributed by atoms with Gasteiger partial charge in [0.2, 0.25) is 0 Å². The lowest BCUT2D eigenvalue weighted by Crippen LogP contribution is -2.19. The number of phenolic OH excluding ortho intramolecular Hbond substituents is 1. The van der Waals surface area contributed by atoms with Crippen LogP contribution in [0, 0.1) is 3.57 Å². The molecule has 5 heteroatoms. The number of phenols is 1. The molecule has 0 saturated heterocycles. The summed E-state index contributed by atoms with van der Waals surface area (Å²) >= 11 is 1.89. The van der Waals surface area contributed by atoms with E-state index in [0.717, 1.165) is 0 Å². The fourth-order valence-electron chi connectivity index (χ4n) is 1.18. The van der Waals surface area contributed by atoms with E-state index in [4.69, 9.17) is 0 Å². The van der Waals surface area contributed by atoms with Crippen LogP contribution < -0.4 is 5.32 Å². The Hall–Kier alpha value is -1.11. The van der Waals surface area contributed by atoms with Crippen molar-refractivity contribution in [3.8, 4) is 5.75 Å². The maximum absolute atomic E-state index is 11.1. The summed E-state index contributed by atoms with van der Waals surface area (Å²) in [5.74, 6) is -0.839. The topological polar surface area (TPSA) is 66.4 Å². The highest BCUT2D eigenvalue weighted by Crippen LogP contribution is 2.26. The number of carbonyl (C=O) groups is 2. The van der Waals surface area contributed by atoms with Gasteiger partial charge in [-0.3, -0.25) is 14.9 Å². The minimum Gasteiger partial charge on any atom is -0.507 e. The largest absolute Gasteiger partial charge is 0.507 e. The summed E-state index contributed by atoms with van der Waals surface area (Å²) in [6, 6.07) is 2.79. The van der Waals surface area contributed by atoms with Crippen LogP contribution in [0.25, 0.3) is 0 Å². The van der Waals surface area contributed by atoms with Crippen molar-refractivity contribution in [2.24, 2.45) is 0 Å². The minimum atomic E-state index is -0.452. The van der Waals surface area contributed by atoms with Crippen molar-refractivity contribution in [3.63, 3.8) is 0 Å². The molecule has 0 saturated carbocycles. The second kappa shape index (κ2) is 2.69. The number of amides is 2. The molecule has 1 aliphatic heterocycles. The zero-order valence-electron chi connectivity index (χ0n) is 6.30. The number of hydrogen-bond acceptors (Lipinski definition) is 3. The van der Waals surface area contributed by atoms with Gasteiger partial charge in [0.1, 0.15) is 5.75 Å². The Labute approximate surface area is 87.1 Å². The highest BCUT2D eigenvalue weighted by molar-refractivity contribution is 14.1. The Morgan fingerprint density at radius 2 is 1.69 bits per heavy atom. The van der Waals surface area contributed by atoms with Crippen LogP contribution in [0.1, 0.15) is 20.7 Å². The zero-order chi connectivity index (χ0) is 9.59. The predicted molar refractivity (Wildman–Crippen MR) is 52.6 cm³/mol. The number of imide groups is 1. The van der Waals surface area contributed by atoms with E-state index >= 15 is 0 Å². The van der Waals surface area contributed by atoms with Crippen molar-refractivity contribution < 1.29 is 14.7 Å². The maximum Gasteiger partial charge on any atom is 0.259 e. The van der Waals surface area contributed by atoms with E-state index in [-0.39, 0.29) is 11.3 Å². The highest BCUT2D eigenvalue weighted by atomic mass is 127. The standard InChI is InChI=1S/C8H4INO3/c9-5-1-3-4(2-6(5)11)8(13)10-7(3)12/h1-2,11H,(H,10,12,13). The van der Waals surface area contributed by atoms with Gasteiger partial charge in [-0.1, -0.05) is 0 Å². The lowest BCUT2D eigenvalue weighted by molar-refractivity contribution is 0.0879. The van der Waals surface area contributed by atoms with E-state index in [1.165, 1.54) is 12.1 Å². The number of halogens is 1. The molecule has 2 N–H and O–H groups in total. The third-order valence-electron chi connectivity index (χ3n) is 1.80. The fraction of sp³-hybridized carbons (Fsp3) is 0. The quantitative estimate of drug-likeness (QED) is 0.550. The van der Waals surface area contributed by atoms with Crippen LogP contribution in [0.5, 0.6) is 5.75 Å². The van der Waals surface area contributed by atoms with Gasteiger partial charge in [-0.2, -0.15) is 0 Å². The lowest BCUT2D eigenvalue weighted by atomic mass is 10.1. The third-order valence-corrected chi connectivity index (χ3v) is 2.67. The molecule has 4 nitrogen and oxygen atoms in total. The van der Waals surface area contributed by atoms with E-state index < -0.39 is 11.8 Å². The number of nitrogens with one attached hydrogen (secondary N) is 1. The van der Waals surface area contributed by atoms with Crippen molar-refractivity contribution in [2.45, 2.75) is 0 Å². The van der Waals surface area contributed by atoms with Gasteiger partial charge in [0, 0.05) is 0 Å². The first-order valence-electron chi connectivity index (χ1n) is 3.48. The number of aromatic hydroxyl groups is 1. The van der Waals surface area contributed by atoms with Crippen molar-refractivity contribution >= 4 is 34.4 Å². The Balaban J connectivity index is 2.72. The molecule has 66 valence electrons. The lowest BCUT2D eigenvalue weighted by Gasteiger charge is -1.98. The summed E-state index contributed by atoms with van der Waals surface area (Å²) in [4.78, 5) is 22.2. The predicted octanol–water partition coefficient (Wildman–Crippen LogP) is 0.880. The summed E-state index contributed by atoms with van der Waals surface area (Å²) in [7, 11) is 0. The van der Waals surface area contributed by atoms with Gasteiger partial charge in [-0.05, 0) is 34.7 Å². The zero-order valence-corrected chi connectivity index (χ0v) is 8.45. The van der Waals surface area contributed by atoms with Gasteiger partial charge < -0.3 is 5.11 Å². The van der Waals surface area contributed by atoms with E-state index in [9.17, 15) is 14.7 Å². The Bertz CT molecular complexity index is 389. The molecule has 0 aliphatic carbocycles. The molecule has 0 aromatic heterocycles. The van der Waals surface area contributed by atoms with E-state index in [0.29, 0.717) is 9.13 Å². The van der Waals surface area contributed by atoms with Crippen LogP contribution in [-0.4, -0.2) is 16.9 Å². The Morgan fingerprint density at radius 1 is 1.15 bits per heavy atom. The first-order valence-corrected chi connectivity index (χ1v) is 4.55. The summed E-state index contributed by atoms with van der Waals surface area (Å²) < 4.78 is 0.557. The molecule has 0 bridgehead atoms. The number of rotatable bonds is 0. The van der Waals surface area contributed by atoms with E-state index in [1.54, 1.807) is 0 Å². The van der Waals surface area contributed by atoms with Crippen LogP contribution >= 0.6 is 22.6 Å². The van der Waals surface area contributed by atoms with Crippen LogP contribution in [0.15, 0.2) is 12.1 Å². The fourth-order valence-corrected chi connectivity index (χ4v) is 1.64. The van der Waals surface area contributed by atoms with Gasteiger partial charge >= 0.3 is 0 Å². The Kier molecular flexibility index (Phi) is 1.76. The summed E-state index contributed by atoms with van der Waals surface area (Å²) in [6.45, 7) is 0.